The highest BCUT2D eigenvalue weighted by atomic mass is 16.5. The van der Waals surface area contributed by atoms with Gasteiger partial charge in [-0.3, -0.25) is 4.79 Å². The first-order valence-corrected chi connectivity index (χ1v) is 6.58. The molecule has 0 saturated carbocycles. The topological polar surface area (TPSA) is 67.4 Å². The predicted molar refractivity (Wildman–Crippen MR) is 71.7 cm³/mol. The molecule has 1 aromatic rings. The van der Waals surface area contributed by atoms with Gasteiger partial charge in [-0.2, -0.15) is 0 Å². The van der Waals surface area contributed by atoms with Crippen LogP contribution in [0.3, 0.4) is 0 Å². The SMILES string of the molecule is CC(C)[C@@H](Nc1ncccn1)C(=O)N1CCOCC1. The van der Waals surface area contributed by atoms with Crippen LogP contribution in [0.4, 0.5) is 5.95 Å². The van der Waals surface area contributed by atoms with Crippen molar-refractivity contribution >= 4 is 11.9 Å². The molecule has 0 radical (unpaired) electrons. The summed E-state index contributed by atoms with van der Waals surface area (Å²) in [6.07, 6.45) is 3.32. The van der Waals surface area contributed by atoms with E-state index in [0.717, 1.165) is 0 Å². The number of carbonyl (C=O) groups excluding carboxylic acids is 1. The average Bonchev–Trinajstić information content (AvgIpc) is 2.46. The third kappa shape index (κ3) is 3.64. The molecule has 1 amide bonds. The molecule has 19 heavy (non-hydrogen) atoms. The van der Waals surface area contributed by atoms with Gasteiger partial charge >= 0.3 is 0 Å². The number of morpholine rings is 1. The highest BCUT2D eigenvalue weighted by Crippen LogP contribution is 2.12. The molecule has 1 atom stereocenters. The summed E-state index contributed by atoms with van der Waals surface area (Å²) < 4.78 is 5.27. The summed E-state index contributed by atoms with van der Waals surface area (Å²) >= 11 is 0. The molecule has 0 aliphatic carbocycles. The lowest BCUT2D eigenvalue weighted by Crippen LogP contribution is -2.50. The van der Waals surface area contributed by atoms with Gasteiger partial charge in [0.2, 0.25) is 11.9 Å². The Labute approximate surface area is 113 Å². The zero-order valence-electron chi connectivity index (χ0n) is 11.4. The van der Waals surface area contributed by atoms with Crippen molar-refractivity contribution in [2.75, 3.05) is 31.6 Å². The van der Waals surface area contributed by atoms with Crippen LogP contribution in [0.25, 0.3) is 0 Å². The molecule has 0 unspecified atom stereocenters. The van der Waals surface area contributed by atoms with E-state index in [9.17, 15) is 4.79 Å². The van der Waals surface area contributed by atoms with E-state index in [-0.39, 0.29) is 17.9 Å². The summed E-state index contributed by atoms with van der Waals surface area (Å²) in [4.78, 5) is 22.6. The lowest BCUT2D eigenvalue weighted by Gasteiger charge is -2.32. The summed E-state index contributed by atoms with van der Waals surface area (Å²) in [5.74, 6) is 0.743. The minimum atomic E-state index is -0.305. The fourth-order valence-electron chi connectivity index (χ4n) is 2.01. The minimum absolute atomic E-state index is 0.0887. The van der Waals surface area contributed by atoms with Gasteiger partial charge in [0.25, 0.3) is 0 Å². The molecule has 0 aromatic carbocycles. The molecule has 1 fully saturated rings. The molecule has 6 nitrogen and oxygen atoms in total. The predicted octanol–water partition coefficient (Wildman–Crippen LogP) is 0.772. The maximum atomic E-state index is 12.5. The number of hydrogen-bond acceptors (Lipinski definition) is 5. The summed E-state index contributed by atoms with van der Waals surface area (Å²) in [6, 6.07) is 1.44. The zero-order chi connectivity index (χ0) is 13.7. The highest BCUT2D eigenvalue weighted by Gasteiger charge is 2.28. The molecule has 1 aromatic heterocycles. The van der Waals surface area contributed by atoms with Gasteiger partial charge in [0.15, 0.2) is 0 Å². The quantitative estimate of drug-likeness (QED) is 0.870. The molecule has 0 bridgehead atoms. The largest absolute Gasteiger partial charge is 0.378 e. The van der Waals surface area contributed by atoms with Gasteiger partial charge in [-0.25, -0.2) is 9.97 Å². The van der Waals surface area contributed by atoms with E-state index in [4.69, 9.17) is 4.74 Å². The fourth-order valence-corrected chi connectivity index (χ4v) is 2.01. The van der Waals surface area contributed by atoms with E-state index in [0.29, 0.717) is 32.3 Å². The first kappa shape index (κ1) is 13.7. The maximum Gasteiger partial charge on any atom is 0.245 e. The first-order chi connectivity index (χ1) is 9.18. The van der Waals surface area contributed by atoms with Crippen molar-refractivity contribution in [3.05, 3.63) is 18.5 Å². The Morgan fingerprint density at radius 3 is 2.53 bits per heavy atom. The Bertz CT molecular complexity index is 404. The number of rotatable bonds is 4. The molecular formula is C13H20N4O2. The Morgan fingerprint density at radius 1 is 1.32 bits per heavy atom. The normalized spacial score (nSPS) is 17.3. The number of hydrogen-bond donors (Lipinski definition) is 1. The second kappa shape index (κ2) is 6.47. The second-order valence-electron chi connectivity index (χ2n) is 4.88. The van der Waals surface area contributed by atoms with Crippen molar-refractivity contribution in [2.45, 2.75) is 19.9 Å². The van der Waals surface area contributed by atoms with Crippen LogP contribution in [0.1, 0.15) is 13.8 Å². The van der Waals surface area contributed by atoms with Gasteiger partial charge in [-0.15, -0.1) is 0 Å². The fraction of sp³-hybridized carbons (Fsp3) is 0.615. The number of aromatic nitrogens is 2. The van der Waals surface area contributed by atoms with Crippen molar-refractivity contribution < 1.29 is 9.53 Å². The monoisotopic (exact) mass is 264 g/mol. The van der Waals surface area contributed by atoms with Gasteiger partial charge in [-0.05, 0) is 12.0 Å². The van der Waals surface area contributed by atoms with Gasteiger partial charge in [0.1, 0.15) is 6.04 Å². The second-order valence-corrected chi connectivity index (χ2v) is 4.88. The molecule has 1 aliphatic rings. The standard InChI is InChI=1S/C13H20N4O2/c1-10(2)11(16-13-14-4-3-5-15-13)12(18)17-6-8-19-9-7-17/h3-5,10-11H,6-9H2,1-2H3,(H,14,15,16)/t11-/m1/s1. The number of amides is 1. The lowest BCUT2D eigenvalue weighted by atomic mass is 10.0. The van der Waals surface area contributed by atoms with Crippen LogP contribution in [-0.2, 0) is 9.53 Å². The van der Waals surface area contributed by atoms with Gasteiger partial charge in [-0.1, -0.05) is 13.8 Å². The van der Waals surface area contributed by atoms with Crippen LogP contribution in [-0.4, -0.2) is 53.1 Å². The molecule has 6 heteroatoms. The number of nitrogens with zero attached hydrogens (tertiary/aromatic N) is 3. The Hall–Kier alpha value is -1.69. The summed E-state index contributed by atoms with van der Waals surface area (Å²) in [6.45, 7) is 6.55. The van der Waals surface area contributed by atoms with Crippen LogP contribution in [0.15, 0.2) is 18.5 Å². The van der Waals surface area contributed by atoms with E-state index in [1.54, 1.807) is 18.5 Å². The van der Waals surface area contributed by atoms with Crippen LogP contribution >= 0.6 is 0 Å². The Morgan fingerprint density at radius 2 is 1.95 bits per heavy atom. The van der Waals surface area contributed by atoms with Crippen molar-refractivity contribution in [2.24, 2.45) is 5.92 Å². The van der Waals surface area contributed by atoms with Crippen LogP contribution in [0.2, 0.25) is 0 Å². The van der Waals surface area contributed by atoms with E-state index >= 15 is 0 Å². The van der Waals surface area contributed by atoms with Crippen molar-refractivity contribution in [1.29, 1.82) is 0 Å². The number of anilines is 1. The molecule has 2 heterocycles. The third-order valence-corrected chi connectivity index (χ3v) is 3.11. The number of carbonyl (C=O) groups is 1. The van der Waals surface area contributed by atoms with E-state index in [2.05, 4.69) is 15.3 Å². The Kier molecular flexibility index (Phi) is 4.68. The van der Waals surface area contributed by atoms with E-state index in [1.165, 1.54) is 0 Å². The Balaban J connectivity index is 2.04. The third-order valence-electron chi connectivity index (χ3n) is 3.11. The van der Waals surface area contributed by atoms with Crippen molar-refractivity contribution in [3.63, 3.8) is 0 Å². The van der Waals surface area contributed by atoms with E-state index in [1.807, 2.05) is 18.7 Å². The molecule has 1 aliphatic heterocycles. The average molecular weight is 264 g/mol. The van der Waals surface area contributed by atoms with Crippen LogP contribution in [0, 0.1) is 5.92 Å². The lowest BCUT2D eigenvalue weighted by molar-refractivity contribution is -0.137. The van der Waals surface area contributed by atoms with Crippen LogP contribution < -0.4 is 5.32 Å². The summed E-state index contributed by atoms with van der Waals surface area (Å²) in [5.41, 5.74) is 0. The molecule has 1 N–H and O–H groups in total. The smallest absolute Gasteiger partial charge is 0.245 e. The molecule has 0 spiro atoms. The van der Waals surface area contributed by atoms with Gasteiger partial charge < -0.3 is 15.0 Å². The van der Waals surface area contributed by atoms with E-state index < -0.39 is 0 Å². The van der Waals surface area contributed by atoms with Gasteiger partial charge in [0, 0.05) is 25.5 Å². The molecule has 104 valence electrons. The maximum absolute atomic E-state index is 12.5. The first-order valence-electron chi connectivity index (χ1n) is 6.58. The summed E-state index contributed by atoms with van der Waals surface area (Å²) in [7, 11) is 0. The minimum Gasteiger partial charge on any atom is -0.378 e. The molecule has 1 saturated heterocycles. The number of nitrogens with one attached hydrogen (secondary N) is 1. The molecular weight excluding hydrogens is 244 g/mol. The van der Waals surface area contributed by atoms with Gasteiger partial charge in [0.05, 0.1) is 13.2 Å². The zero-order valence-corrected chi connectivity index (χ0v) is 11.4. The van der Waals surface area contributed by atoms with Crippen molar-refractivity contribution in [1.82, 2.24) is 14.9 Å². The van der Waals surface area contributed by atoms with Crippen molar-refractivity contribution in [3.8, 4) is 0 Å². The molecule has 2 rings (SSSR count). The van der Waals surface area contributed by atoms with Crippen LogP contribution in [0.5, 0.6) is 0 Å². The highest BCUT2D eigenvalue weighted by molar-refractivity contribution is 5.84. The number of ether oxygens (including phenoxy) is 1. The summed E-state index contributed by atoms with van der Waals surface area (Å²) in [5, 5.41) is 3.12.